The molecule has 0 amide bonds. The fourth-order valence-corrected chi connectivity index (χ4v) is 0.674. The highest BCUT2D eigenvalue weighted by atomic mass is 16.6. The average molecular weight is 191 g/mol. The SMILES string of the molecule is COCC(O)/C(=N/OC)C(=O)OC. The van der Waals surface area contributed by atoms with Crippen molar-refractivity contribution in [3.05, 3.63) is 0 Å². The number of esters is 1. The summed E-state index contributed by atoms with van der Waals surface area (Å²) in [5, 5.41) is 12.6. The zero-order valence-electron chi connectivity index (χ0n) is 7.81. The van der Waals surface area contributed by atoms with E-state index in [2.05, 4.69) is 19.5 Å². The zero-order valence-corrected chi connectivity index (χ0v) is 7.81. The third kappa shape index (κ3) is 3.86. The first-order chi connectivity index (χ1) is 6.17. The highest BCUT2D eigenvalue weighted by Crippen LogP contribution is 1.94. The van der Waals surface area contributed by atoms with Gasteiger partial charge in [0, 0.05) is 7.11 Å². The second-order valence-corrected chi connectivity index (χ2v) is 2.12. The summed E-state index contributed by atoms with van der Waals surface area (Å²) in [7, 11) is 3.85. The molecule has 0 rings (SSSR count). The number of oxime groups is 1. The fourth-order valence-electron chi connectivity index (χ4n) is 0.674. The highest BCUT2D eigenvalue weighted by Gasteiger charge is 2.22. The van der Waals surface area contributed by atoms with Gasteiger partial charge in [0.1, 0.15) is 13.2 Å². The molecule has 0 heterocycles. The molecule has 6 nitrogen and oxygen atoms in total. The van der Waals surface area contributed by atoms with E-state index >= 15 is 0 Å². The molecule has 0 aliphatic rings. The lowest BCUT2D eigenvalue weighted by atomic mass is 10.2. The van der Waals surface area contributed by atoms with Crippen LogP contribution in [-0.4, -0.2) is 50.8 Å². The van der Waals surface area contributed by atoms with Crippen LogP contribution in [0.5, 0.6) is 0 Å². The number of carbonyl (C=O) groups is 1. The molecule has 6 heteroatoms. The molecule has 1 N–H and O–H groups in total. The van der Waals surface area contributed by atoms with Crippen LogP contribution in [-0.2, 0) is 19.1 Å². The van der Waals surface area contributed by atoms with Crippen LogP contribution in [0, 0.1) is 0 Å². The van der Waals surface area contributed by atoms with Crippen molar-refractivity contribution in [3.8, 4) is 0 Å². The summed E-state index contributed by atoms with van der Waals surface area (Å²) in [4.78, 5) is 15.3. The first kappa shape index (κ1) is 11.9. The van der Waals surface area contributed by atoms with Crippen LogP contribution in [0.1, 0.15) is 0 Å². The van der Waals surface area contributed by atoms with Crippen molar-refractivity contribution in [2.24, 2.45) is 5.16 Å². The Morgan fingerprint density at radius 1 is 1.46 bits per heavy atom. The summed E-state index contributed by atoms with van der Waals surface area (Å²) < 4.78 is 9.00. The van der Waals surface area contributed by atoms with E-state index < -0.39 is 12.1 Å². The Labute approximate surface area is 76.1 Å². The van der Waals surface area contributed by atoms with Gasteiger partial charge in [0.15, 0.2) is 5.71 Å². The Hall–Kier alpha value is -1.14. The van der Waals surface area contributed by atoms with E-state index in [1.165, 1.54) is 21.3 Å². The minimum atomic E-state index is -1.14. The predicted molar refractivity (Wildman–Crippen MR) is 44.3 cm³/mol. The molecule has 0 saturated heterocycles. The largest absolute Gasteiger partial charge is 0.464 e. The number of nitrogens with zero attached hydrogens (tertiary/aromatic N) is 1. The summed E-state index contributed by atoms with van der Waals surface area (Å²) in [5.74, 6) is -0.744. The first-order valence-electron chi connectivity index (χ1n) is 3.53. The lowest BCUT2D eigenvalue weighted by Gasteiger charge is -2.09. The van der Waals surface area contributed by atoms with E-state index in [0.29, 0.717) is 0 Å². The average Bonchev–Trinajstić information content (AvgIpc) is 2.13. The monoisotopic (exact) mass is 191 g/mol. The predicted octanol–water partition coefficient (Wildman–Crippen LogP) is -0.831. The van der Waals surface area contributed by atoms with Crippen LogP contribution >= 0.6 is 0 Å². The summed E-state index contributed by atoms with van der Waals surface area (Å²) >= 11 is 0. The summed E-state index contributed by atoms with van der Waals surface area (Å²) in [5.41, 5.74) is -0.216. The van der Waals surface area contributed by atoms with Crippen LogP contribution < -0.4 is 0 Å². The first-order valence-corrected chi connectivity index (χ1v) is 3.53. The normalized spacial score (nSPS) is 13.7. The van der Waals surface area contributed by atoms with Gasteiger partial charge in [-0.2, -0.15) is 0 Å². The van der Waals surface area contributed by atoms with Crippen LogP contribution in [0.15, 0.2) is 5.16 Å². The van der Waals surface area contributed by atoms with E-state index in [1.54, 1.807) is 0 Å². The molecule has 76 valence electrons. The van der Waals surface area contributed by atoms with Crippen molar-refractivity contribution >= 4 is 11.7 Å². The molecule has 0 fully saturated rings. The molecular weight excluding hydrogens is 178 g/mol. The lowest BCUT2D eigenvalue weighted by Crippen LogP contribution is -2.33. The number of hydrogen-bond acceptors (Lipinski definition) is 6. The van der Waals surface area contributed by atoms with Gasteiger partial charge in [-0.25, -0.2) is 4.79 Å². The third-order valence-electron chi connectivity index (χ3n) is 1.22. The van der Waals surface area contributed by atoms with Gasteiger partial charge in [-0.1, -0.05) is 5.16 Å². The van der Waals surface area contributed by atoms with Gasteiger partial charge >= 0.3 is 5.97 Å². The van der Waals surface area contributed by atoms with E-state index in [4.69, 9.17) is 0 Å². The fraction of sp³-hybridized carbons (Fsp3) is 0.714. The van der Waals surface area contributed by atoms with Crippen LogP contribution in [0.2, 0.25) is 0 Å². The van der Waals surface area contributed by atoms with Crippen molar-refractivity contribution in [3.63, 3.8) is 0 Å². The zero-order chi connectivity index (χ0) is 10.3. The molecule has 0 aromatic rings. The Bertz CT molecular complexity index is 191. The van der Waals surface area contributed by atoms with E-state index in [1.807, 2.05) is 0 Å². The van der Waals surface area contributed by atoms with Crippen molar-refractivity contribution in [1.29, 1.82) is 0 Å². The van der Waals surface area contributed by atoms with Gasteiger partial charge < -0.3 is 19.4 Å². The topological polar surface area (TPSA) is 77.4 Å². The second-order valence-electron chi connectivity index (χ2n) is 2.12. The molecule has 1 unspecified atom stereocenters. The maximum atomic E-state index is 11.0. The number of hydrogen-bond donors (Lipinski definition) is 1. The molecule has 0 aliphatic carbocycles. The minimum Gasteiger partial charge on any atom is -0.464 e. The van der Waals surface area contributed by atoms with Crippen LogP contribution in [0.4, 0.5) is 0 Å². The highest BCUT2D eigenvalue weighted by molar-refractivity contribution is 6.38. The van der Waals surface area contributed by atoms with Crippen molar-refractivity contribution < 1.29 is 24.2 Å². The van der Waals surface area contributed by atoms with Gasteiger partial charge in [0.05, 0.1) is 13.7 Å². The molecule has 13 heavy (non-hydrogen) atoms. The summed E-state index contributed by atoms with van der Waals surface area (Å²) in [6, 6.07) is 0. The quantitative estimate of drug-likeness (QED) is 0.348. The van der Waals surface area contributed by atoms with Crippen molar-refractivity contribution in [1.82, 2.24) is 0 Å². The number of aliphatic hydroxyl groups is 1. The number of aliphatic hydroxyl groups excluding tert-OH is 1. The third-order valence-corrected chi connectivity index (χ3v) is 1.22. The molecule has 0 aromatic carbocycles. The van der Waals surface area contributed by atoms with Gasteiger partial charge in [-0.05, 0) is 0 Å². The van der Waals surface area contributed by atoms with Crippen LogP contribution in [0.25, 0.3) is 0 Å². The summed E-state index contributed by atoms with van der Waals surface area (Å²) in [6.45, 7) is -0.0444. The standard InChI is InChI=1S/C7H13NO5/c1-11-4-5(9)6(8-13-3)7(10)12-2/h5,9H,4H2,1-3H3/b8-6-. The van der Waals surface area contributed by atoms with Crippen molar-refractivity contribution in [2.45, 2.75) is 6.10 Å². The van der Waals surface area contributed by atoms with Gasteiger partial charge in [0.2, 0.25) is 0 Å². The maximum absolute atomic E-state index is 11.0. The van der Waals surface area contributed by atoms with Crippen molar-refractivity contribution in [2.75, 3.05) is 27.9 Å². The molecule has 0 spiro atoms. The lowest BCUT2D eigenvalue weighted by molar-refractivity contribution is -0.133. The molecule has 0 aromatic heterocycles. The number of methoxy groups -OCH3 is 2. The smallest absolute Gasteiger partial charge is 0.358 e. The van der Waals surface area contributed by atoms with E-state index in [-0.39, 0.29) is 12.3 Å². The molecule has 0 bridgehead atoms. The molecule has 0 saturated carbocycles. The van der Waals surface area contributed by atoms with E-state index in [0.717, 1.165) is 0 Å². The Balaban J connectivity index is 4.41. The Morgan fingerprint density at radius 2 is 2.08 bits per heavy atom. The number of rotatable bonds is 5. The van der Waals surface area contributed by atoms with Gasteiger partial charge in [-0.15, -0.1) is 0 Å². The molecule has 0 aliphatic heterocycles. The number of ether oxygens (including phenoxy) is 2. The maximum Gasteiger partial charge on any atom is 0.358 e. The molecular formula is C7H13NO5. The van der Waals surface area contributed by atoms with Gasteiger partial charge in [-0.3, -0.25) is 0 Å². The molecule has 1 atom stereocenters. The van der Waals surface area contributed by atoms with Gasteiger partial charge in [0.25, 0.3) is 0 Å². The minimum absolute atomic E-state index is 0.0444. The van der Waals surface area contributed by atoms with Crippen LogP contribution in [0.3, 0.4) is 0 Å². The number of carbonyl (C=O) groups excluding carboxylic acids is 1. The Kier molecular flexibility index (Phi) is 5.82. The Morgan fingerprint density at radius 3 is 2.46 bits per heavy atom. The van der Waals surface area contributed by atoms with E-state index in [9.17, 15) is 9.90 Å². The molecule has 0 radical (unpaired) electrons. The second kappa shape index (κ2) is 6.38. The summed E-state index contributed by atoms with van der Waals surface area (Å²) in [6.07, 6.45) is -1.14.